The van der Waals surface area contributed by atoms with Crippen LogP contribution in [0.1, 0.15) is 0 Å². The predicted octanol–water partition coefficient (Wildman–Crippen LogP) is 2.67. The molecular weight excluding hydrogens is 279 g/mol. The molecule has 94 valence electrons. The number of halogens is 2. The summed E-state index contributed by atoms with van der Waals surface area (Å²) in [5.41, 5.74) is 0.247. The number of nitrogens with one attached hydrogen (secondary N) is 1. The van der Waals surface area contributed by atoms with Gasteiger partial charge in [0.15, 0.2) is 0 Å². The summed E-state index contributed by atoms with van der Waals surface area (Å²) < 4.78 is 38.9. The van der Waals surface area contributed by atoms with E-state index in [1.54, 1.807) is 0 Å². The number of pyridine rings is 1. The van der Waals surface area contributed by atoms with Crippen LogP contribution >= 0.6 is 11.6 Å². The van der Waals surface area contributed by atoms with Crippen LogP contribution in [0.25, 0.3) is 0 Å². The van der Waals surface area contributed by atoms with Gasteiger partial charge in [0.1, 0.15) is 10.7 Å². The number of nitrogens with zero attached hydrogens (tertiary/aromatic N) is 1. The molecule has 0 saturated carbocycles. The second kappa shape index (κ2) is 4.91. The number of sulfonamides is 1. The fraction of sp³-hybridized carbons (Fsp3) is 0. The van der Waals surface area contributed by atoms with Crippen molar-refractivity contribution < 1.29 is 12.8 Å². The second-order valence-electron chi connectivity index (χ2n) is 3.42. The van der Waals surface area contributed by atoms with E-state index in [-0.39, 0.29) is 15.6 Å². The van der Waals surface area contributed by atoms with E-state index in [1.807, 2.05) is 0 Å². The van der Waals surface area contributed by atoms with E-state index in [2.05, 4.69) is 9.71 Å². The van der Waals surface area contributed by atoms with Gasteiger partial charge in [-0.2, -0.15) is 0 Å². The molecule has 0 radical (unpaired) electrons. The van der Waals surface area contributed by atoms with Gasteiger partial charge in [-0.1, -0.05) is 11.6 Å². The molecule has 0 amide bonds. The monoisotopic (exact) mass is 286 g/mol. The zero-order valence-electron chi connectivity index (χ0n) is 8.97. The first-order chi connectivity index (χ1) is 8.49. The van der Waals surface area contributed by atoms with Gasteiger partial charge in [-0.3, -0.25) is 9.71 Å². The van der Waals surface area contributed by atoms with Crippen LogP contribution in [-0.4, -0.2) is 13.4 Å². The van der Waals surface area contributed by atoms with Gasteiger partial charge in [-0.15, -0.1) is 0 Å². The molecule has 18 heavy (non-hydrogen) atoms. The molecule has 0 aliphatic rings. The Bertz CT molecular complexity index is 659. The van der Waals surface area contributed by atoms with E-state index >= 15 is 0 Å². The highest BCUT2D eigenvalue weighted by atomic mass is 35.5. The fourth-order valence-electron chi connectivity index (χ4n) is 1.29. The first-order valence-corrected chi connectivity index (χ1v) is 6.73. The van der Waals surface area contributed by atoms with E-state index in [9.17, 15) is 12.8 Å². The van der Waals surface area contributed by atoms with Gasteiger partial charge in [0.2, 0.25) is 0 Å². The summed E-state index contributed by atoms with van der Waals surface area (Å²) in [4.78, 5) is 3.58. The molecule has 0 aliphatic heterocycles. The average Bonchev–Trinajstić information content (AvgIpc) is 2.32. The van der Waals surface area contributed by atoms with Crippen LogP contribution in [-0.2, 0) is 10.0 Å². The molecule has 1 heterocycles. The summed E-state index contributed by atoms with van der Waals surface area (Å²) in [6.45, 7) is 0. The Kier molecular flexibility index (Phi) is 3.49. The van der Waals surface area contributed by atoms with Crippen molar-refractivity contribution in [3.63, 3.8) is 0 Å². The minimum atomic E-state index is -3.82. The molecule has 0 saturated heterocycles. The number of benzene rings is 1. The lowest BCUT2D eigenvalue weighted by molar-refractivity contribution is 0.600. The van der Waals surface area contributed by atoms with Crippen LogP contribution in [0.15, 0.2) is 47.6 Å². The Hall–Kier alpha value is -1.66. The van der Waals surface area contributed by atoms with E-state index in [0.29, 0.717) is 0 Å². The molecule has 1 aromatic carbocycles. The normalized spacial score (nSPS) is 11.2. The number of hydrogen-bond donors (Lipinski definition) is 1. The quantitative estimate of drug-likeness (QED) is 0.944. The highest BCUT2D eigenvalue weighted by molar-refractivity contribution is 7.92. The molecule has 0 unspecified atom stereocenters. The van der Waals surface area contributed by atoms with Gasteiger partial charge in [0.05, 0.1) is 5.02 Å². The summed E-state index contributed by atoms with van der Waals surface area (Å²) in [5, 5.41) is 0.0691. The zero-order chi connectivity index (χ0) is 13.2. The van der Waals surface area contributed by atoms with Gasteiger partial charge in [0, 0.05) is 18.1 Å². The average molecular weight is 287 g/mol. The Morgan fingerprint density at radius 1 is 1.17 bits per heavy atom. The minimum absolute atomic E-state index is 0.0691. The van der Waals surface area contributed by atoms with Crippen LogP contribution in [0.4, 0.5) is 10.1 Å². The van der Waals surface area contributed by atoms with Crippen molar-refractivity contribution in [3.8, 4) is 0 Å². The van der Waals surface area contributed by atoms with E-state index < -0.39 is 15.8 Å². The summed E-state index contributed by atoms with van der Waals surface area (Å²) in [6, 6.07) is 6.32. The molecule has 1 N–H and O–H groups in total. The van der Waals surface area contributed by atoms with Crippen molar-refractivity contribution in [2.45, 2.75) is 4.90 Å². The third kappa shape index (κ3) is 2.77. The van der Waals surface area contributed by atoms with Crippen molar-refractivity contribution in [2.75, 3.05) is 4.72 Å². The number of anilines is 1. The Morgan fingerprint density at radius 3 is 2.44 bits per heavy atom. The standard InChI is InChI=1S/C11H8ClFN2O2S/c12-10-5-6-14-7-11(10)18(16,17)15-9-3-1-8(13)2-4-9/h1-7,15H. The summed E-state index contributed by atoms with van der Waals surface area (Å²) >= 11 is 5.78. The Morgan fingerprint density at radius 2 is 1.83 bits per heavy atom. The number of hydrogen-bond acceptors (Lipinski definition) is 3. The van der Waals surface area contributed by atoms with Crippen LogP contribution in [0.2, 0.25) is 5.02 Å². The van der Waals surface area contributed by atoms with Gasteiger partial charge in [0.25, 0.3) is 10.0 Å². The smallest absolute Gasteiger partial charge is 0.264 e. The van der Waals surface area contributed by atoms with Gasteiger partial charge in [-0.05, 0) is 30.3 Å². The van der Waals surface area contributed by atoms with Crippen LogP contribution in [0.3, 0.4) is 0 Å². The van der Waals surface area contributed by atoms with Crippen LogP contribution < -0.4 is 4.72 Å². The molecule has 4 nitrogen and oxygen atoms in total. The van der Waals surface area contributed by atoms with Crippen molar-refractivity contribution in [3.05, 3.63) is 53.6 Å². The first kappa shape index (κ1) is 12.8. The first-order valence-electron chi connectivity index (χ1n) is 4.87. The minimum Gasteiger partial charge on any atom is -0.280 e. The topological polar surface area (TPSA) is 59.1 Å². The van der Waals surface area contributed by atoms with E-state index in [4.69, 9.17) is 11.6 Å². The number of aromatic nitrogens is 1. The van der Waals surface area contributed by atoms with Crippen molar-refractivity contribution in [1.82, 2.24) is 4.98 Å². The van der Waals surface area contributed by atoms with Crippen molar-refractivity contribution >= 4 is 27.3 Å². The summed E-state index contributed by atoms with van der Waals surface area (Å²) in [6.07, 6.45) is 2.54. The van der Waals surface area contributed by atoms with Crippen LogP contribution in [0, 0.1) is 5.82 Å². The highest BCUT2D eigenvalue weighted by Gasteiger charge is 2.17. The van der Waals surface area contributed by atoms with Gasteiger partial charge in [-0.25, -0.2) is 12.8 Å². The summed E-state index contributed by atoms with van der Waals surface area (Å²) in [7, 11) is -3.82. The molecule has 7 heteroatoms. The van der Waals surface area contributed by atoms with Crippen molar-refractivity contribution in [2.24, 2.45) is 0 Å². The third-order valence-corrected chi connectivity index (χ3v) is 3.97. The molecule has 2 aromatic rings. The maximum absolute atomic E-state index is 12.7. The second-order valence-corrected chi connectivity index (χ2v) is 5.48. The zero-order valence-corrected chi connectivity index (χ0v) is 10.5. The maximum atomic E-state index is 12.7. The largest absolute Gasteiger partial charge is 0.280 e. The molecule has 0 spiro atoms. The van der Waals surface area contributed by atoms with Crippen molar-refractivity contribution in [1.29, 1.82) is 0 Å². The Labute approximate surface area is 108 Å². The molecule has 0 atom stereocenters. The molecule has 0 aliphatic carbocycles. The number of rotatable bonds is 3. The SMILES string of the molecule is O=S(=O)(Nc1ccc(F)cc1)c1cnccc1Cl. The Balaban J connectivity index is 2.33. The van der Waals surface area contributed by atoms with Crippen LogP contribution in [0.5, 0.6) is 0 Å². The summed E-state index contributed by atoms with van der Waals surface area (Å²) in [5.74, 6) is -0.447. The maximum Gasteiger partial charge on any atom is 0.264 e. The fourth-order valence-corrected chi connectivity index (χ4v) is 2.78. The van der Waals surface area contributed by atoms with E-state index in [1.165, 1.54) is 24.4 Å². The molecule has 0 fully saturated rings. The molecule has 0 bridgehead atoms. The predicted molar refractivity (Wildman–Crippen MR) is 66.5 cm³/mol. The molecule has 2 rings (SSSR count). The van der Waals surface area contributed by atoms with Gasteiger partial charge >= 0.3 is 0 Å². The van der Waals surface area contributed by atoms with E-state index in [0.717, 1.165) is 18.3 Å². The molecule has 1 aromatic heterocycles. The highest BCUT2D eigenvalue weighted by Crippen LogP contribution is 2.22. The third-order valence-electron chi connectivity index (χ3n) is 2.12. The van der Waals surface area contributed by atoms with Gasteiger partial charge < -0.3 is 0 Å². The lowest BCUT2D eigenvalue weighted by Crippen LogP contribution is -2.13. The lowest BCUT2D eigenvalue weighted by Gasteiger charge is -2.08. The lowest BCUT2D eigenvalue weighted by atomic mass is 10.3. The molecular formula is C11H8ClFN2O2S.